The maximum atomic E-state index is 13.1. The third-order valence-corrected chi connectivity index (χ3v) is 16.3. The van der Waals surface area contributed by atoms with E-state index in [1.807, 2.05) is 0 Å². The molecule has 0 radical (unpaired) electrons. The Morgan fingerprint density at radius 3 is 1.14 bits per heavy atom. The molecule has 0 saturated carbocycles. The number of carbonyl (C=O) groups is 1. The number of ether oxygens (including phenoxy) is 2. The number of unbranched alkanes of at least 4 members (excludes halogenated alkanes) is 38. The molecule has 0 aromatic rings. The first-order chi connectivity index (χ1) is 39.8. The van der Waals surface area contributed by atoms with Crippen LogP contribution in [-0.4, -0.2) is 87.5 Å². The van der Waals surface area contributed by atoms with Crippen molar-refractivity contribution in [2.24, 2.45) is 0 Å². The molecule has 1 heterocycles. The summed E-state index contributed by atoms with van der Waals surface area (Å²) in [6.07, 6.45) is 78.2. The van der Waals surface area contributed by atoms with E-state index in [9.17, 15) is 30.3 Å². The summed E-state index contributed by atoms with van der Waals surface area (Å²) in [5, 5.41) is 54.9. The van der Waals surface area contributed by atoms with Gasteiger partial charge in [-0.2, -0.15) is 0 Å². The van der Waals surface area contributed by atoms with E-state index in [-0.39, 0.29) is 12.5 Å². The highest BCUT2D eigenvalue weighted by atomic mass is 16.7. The van der Waals surface area contributed by atoms with Gasteiger partial charge in [-0.05, 0) is 64.2 Å². The lowest BCUT2D eigenvalue weighted by molar-refractivity contribution is -0.302. The van der Waals surface area contributed by atoms with E-state index in [2.05, 4.69) is 92.1 Å². The second-order valence-electron chi connectivity index (χ2n) is 23.9. The smallest absolute Gasteiger partial charge is 0.220 e. The van der Waals surface area contributed by atoms with Crippen molar-refractivity contribution in [2.75, 3.05) is 13.2 Å². The van der Waals surface area contributed by atoms with Crippen molar-refractivity contribution in [3.63, 3.8) is 0 Å². The minimum Gasteiger partial charge on any atom is -0.394 e. The Labute approximate surface area is 499 Å². The predicted octanol–water partition coefficient (Wildman–Crippen LogP) is 18.8. The molecule has 7 unspecified atom stereocenters. The lowest BCUT2D eigenvalue weighted by Crippen LogP contribution is -2.60. The first-order valence-corrected chi connectivity index (χ1v) is 34.6. The summed E-state index contributed by atoms with van der Waals surface area (Å²) in [7, 11) is 0. The van der Waals surface area contributed by atoms with E-state index >= 15 is 0 Å². The van der Waals surface area contributed by atoms with E-state index in [1.54, 1.807) is 0 Å². The minimum absolute atomic E-state index is 0.136. The van der Waals surface area contributed by atoms with Gasteiger partial charge in [0, 0.05) is 6.42 Å². The molecule has 0 aromatic carbocycles. The van der Waals surface area contributed by atoms with Crippen molar-refractivity contribution >= 4 is 5.91 Å². The number of nitrogens with one attached hydrogen (secondary N) is 1. The highest BCUT2D eigenvalue weighted by molar-refractivity contribution is 5.76. The van der Waals surface area contributed by atoms with Crippen LogP contribution < -0.4 is 5.32 Å². The third kappa shape index (κ3) is 49.6. The topological polar surface area (TPSA) is 149 Å². The zero-order chi connectivity index (χ0) is 58.6. The maximum absolute atomic E-state index is 13.1. The molecule has 9 heteroatoms. The van der Waals surface area contributed by atoms with Crippen molar-refractivity contribution < 1.29 is 39.8 Å². The molecule has 0 spiro atoms. The monoisotopic (exact) mass is 1140 g/mol. The largest absolute Gasteiger partial charge is 0.394 e. The average Bonchev–Trinajstić information content (AvgIpc) is 3.49. The zero-order valence-corrected chi connectivity index (χ0v) is 52.8. The van der Waals surface area contributed by atoms with Crippen molar-refractivity contribution in [3.8, 4) is 0 Å². The summed E-state index contributed by atoms with van der Waals surface area (Å²) >= 11 is 0. The first-order valence-electron chi connectivity index (χ1n) is 34.6. The molecule has 1 aliphatic rings. The van der Waals surface area contributed by atoms with Crippen molar-refractivity contribution in [1.82, 2.24) is 5.32 Å². The van der Waals surface area contributed by atoms with E-state index in [4.69, 9.17) is 9.47 Å². The Kier molecular flexibility index (Phi) is 57.5. The molecule has 1 aliphatic heterocycles. The van der Waals surface area contributed by atoms with Crippen LogP contribution in [0.4, 0.5) is 0 Å². The lowest BCUT2D eigenvalue weighted by atomic mass is 9.99. The van der Waals surface area contributed by atoms with Crippen LogP contribution in [0.15, 0.2) is 72.9 Å². The van der Waals surface area contributed by atoms with Crippen LogP contribution in [0.3, 0.4) is 0 Å². The van der Waals surface area contributed by atoms with Crippen molar-refractivity contribution in [2.45, 2.75) is 365 Å². The SMILES string of the molecule is CC/C=C\C/C=C\C/C=C\C/C=C\C/C=C\C/C=C\CCCCCCCCCCCCCCCCCCCCC(=O)NC(COC1OC(CO)C(O)C(O)C1O)C(O)CCCCCCCCCCCCCCCCCCCCCCC. The Morgan fingerprint density at radius 1 is 0.432 bits per heavy atom. The fraction of sp³-hybridized carbons (Fsp3) is 0.819. The van der Waals surface area contributed by atoms with Gasteiger partial charge in [0.25, 0.3) is 0 Å². The predicted molar refractivity (Wildman–Crippen MR) is 345 cm³/mol. The lowest BCUT2D eigenvalue weighted by Gasteiger charge is -2.40. The molecule has 6 N–H and O–H groups in total. The van der Waals surface area contributed by atoms with Gasteiger partial charge in [0.15, 0.2) is 6.29 Å². The van der Waals surface area contributed by atoms with Crippen LogP contribution in [0, 0.1) is 0 Å². The molecule has 1 amide bonds. The molecule has 0 aromatic heterocycles. The van der Waals surface area contributed by atoms with Gasteiger partial charge in [-0.25, -0.2) is 0 Å². The van der Waals surface area contributed by atoms with Gasteiger partial charge < -0.3 is 40.3 Å². The zero-order valence-electron chi connectivity index (χ0n) is 52.8. The highest BCUT2D eigenvalue weighted by Gasteiger charge is 2.44. The van der Waals surface area contributed by atoms with Crippen molar-refractivity contribution in [3.05, 3.63) is 72.9 Å². The Morgan fingerprint density at radius 2 is 0.765 bits per heavy atom. The average molecular weight is 1140 g/mol. The highest BCUT2D eigenvalue weighted by Crippen LogP contribution is 2.24. The van der Waals surface area contributed by atoms with Crippen LogP contribution in [0.25, 0.3) is 0 Å². The molecule has 7 atom stereocenters. The molecule has 0 aliphatic carbocycles. The van der Waals surface area contributed by atoms with Gasteiger partial charge in [0.05, 0.1) is 25.4 Å². The second kappa shape index (κ2) is 60.7. The number of aliphatic hydroxyl groups is 5. The van der Waals surface area contributed by atoms with E-state index in [0.717, 1.165) is 77.0 Å². The molecular weight excluding hydrogens is 1010 g/mol. The minimum atomic E-state index is -1.56. The normalized spacial score (nSPS) is 18.8. The van der Waals surface area contributed by atoms with Gasteiger partial charge in [-0.3, -0.25) is 4.79 Å². The Hall–Kier alpha value is -2.37. The fourth-order valence-electron chi connectivity index (χ4n) is 10.9. The fourth-order valence-corrected chi connectivity index (χ4v) is 10.9. The van der Waals surface area contributed by atoms with Gasteiger partial charge in [0.2, 0.25) is 5.91 Å². The van der Waals surface area contributed by atoms with E-state index in [1.165, 1.54) is 218 Å². The van der Waals surface area contributed by atoms with Gasteiger partial charge >= 0.3 is 0 Å². The van der Waals surface area contributed by atoms with Gasteiger partial charge in [0.1, 0.15) is 24.4 Å². The molecular formula is C72H131NO8. The molecule has 1 saturated heterocycles. The Bertz CT molecular complexity index is 1510. The molecule has 472 valence electrons. The maximum Gasteiger partial charge on any atom is 0.220 e. The number of hydrogen-bond acceptors (Lipinski definition) is 8. The molecule has 1 rings (SSSR count). The van der Waals surface area contributed by atoms with E-state index < -0.39 is 49.5 Å². The summed E-state index contributed by atoms with van der Waals surface area (Å²) in [6.45, 7) is 3.76. The number of allylic oxidation sites excluding steroid dienone is 12. The Balaban J connectivity index is 2.09. The number of hydrogen-bond donors (Lipinski definition) is 6. The van der Waals surface area contributed by atoms with Crippen LogP contribution >= 0.6 is 0 Å². The molecule has 1 fully saturated rings. The van der Waals surface area contributed by atoms with Crippen LogP contribution in [-0.2, 0) is 14.3 Å². The molecule has 0 bridgehead atoms. The standard InChI is InChI=1S/C72H131NO8/c1-3-5-7-9-11-13-15-17-19-21-23-25-26-27-28-29-30-31-32-33-34-35-36-37-38-39-40-42-44-46-48-50-52-54-56-58-60-62-68(76)73-65(64-80-72-71(79)70(78)69(77)67(63-74)81-72)66(75)61-59-57-55-53-51-49-47-45-43-41-24-22-20-18-16-14-12-10-8-6-4-2/h5,7,11,13,17,19,23,25,27-28,30-31,65-67,69-72,74-75,77-79H,3-4,6,8-10,12,14-16,18,20-22,24,26,29,32-64H2,1-2H3,(H,73,76)/b7-5-,13-11-,19-17-,25-23-,28-27-,31-30-. The van der Waals surface area contributed by atoms with E-state index in [0.29, 0.717) is 12.8 Å². The number of rotatable bonds is 60. The molecule has 9 nitrogen and oxygen atoms in total. The van der Waals surface area contributed by atoms with Gasteiger partial charge in [-0.15, -0.1) is 0 Å². The summed E-state index contributed by atoms with van der Waals surface area (Å²) in [5.41, 5.74) is 0. The van der Waals surface area contributed by atoms with Crippen molar-refractivity contribution in [1.29, 1.82) is 0 Å². The number of amides is 1. The summed E-state index contributed by atoms with van der Waals surface area (Å²) in [4.78, 5) is 13.1. The van der Waals surface area contributed by atoms with Crippen LogP contribution in [0.2, 0.25) is 0 Å². The summed E-state index contributed by atoms with van der Waals surface area (Å²) in [5.74, 6) is -0.140. The summed E-state index contributed by atoms with van der Waals surface area (Å²) in [6, 6.07) is -0.721. The quantitative estimate of drug-likeness (QED) is 0.0261. The van der Waals surface area contributed by atoms with Gasteiger partial charge in [-0.1, -0.05) is 324 Å². The third-order valence-electron chi connectivity index (χ3n) is 16.3. The second-order valence-corrected chi connectivity index (χ2v) is 23.9. The number of aliphatic hydroxyl groups excluding tert-OH is 5. The van der Waals surface area contributed by atoms with Crippen LogP contribution in [0.5, 0.6) is 0 Å². The first kappa shape index (κ1) is 76.6. The molecule has 81 heavy (non-hydrogen) atoms. The number of carbonyl (C=O) groups excluding carboxylic acids is 1. The summed E-state index contributed by atoms with van der Waals surface area (Å²) < 4.78 is 11.4. The van der Waals surface area contributed by atoms with Crippen LogP contribution in [0.1, 0.15) is 322 Å².